The lowest BCUT2D eigenvalue weighted by Gasteiger charge is -2.14. The molecule has 1 aromatic carbocycles. The normalized spacial score (nSPS) is 14.9. The summed E-state index contributed by atoms with van der Waals surface area (Å²) in [6, 6.07) is 8.29. The summed E-state index contributed by atoms with van der Waals surface area (Å²) in [5.41, 5.74) is 2.70. The van der Waals surface area contributed by atoms with Crippen LogP contribution in [0.3, 0.4) is 0 Å². The van der Waals surface area contributed by atoms with Crippen LogP contribution in [0.15, 0.2) is 30.3 Å². The van der Waals surface area contributed by atoms with Crippen molar-refractivity contribution >= 4 is 5.57 Å². The van der Waals surface area contributed by atoms with Gasteiger partial charge in [-0.15, -0.1) is 0 Å². The fourth-order valence-electron chi connectivity index (χ4n) is 2.11. The Morgan fingerprint density at radius 3 is 2.55 bits per heavy atom. The summed E-state index contributed by atoms with van der Waals surface area (Å²) in [5, 5.41) is 3.32. The molecule has 110 valence electrons. The van der Waals surface area contributed by atoms with Gasteiger partial charge in [-0.05, 0) is 36.2 Å². The molecule has 0 fully saturated rings. The third-order valence-corrected chi connectivity index (χ3v) is 3.22. The largest absolute Gasteiger partial charge is 0.491 e. The smallest absolute Gasteiger partial charge is 0.119 e. The van der Waals surface area contributed by atoms with Crippen molar-refractivity contribution in [3.63, 3.8) is 0 Å². The average molecular weight is 277 g/mol. The highest BCUT2D eigenvalue weighted by Gasteiger charge is 2.05. The number of benzene rings is 1. The molecule has 0 radical (unpaired) electrons. The molecule has 2 rings (SSSR count). The quantitative estimate of drug-likeness (QED) is 0.739. The minimum Gasteiger partial charge on any atom is -0.491 e. The first-order valence-electron chi connectivity index (χ1n) is 7.10. The van der Waals surface area contributed by atoms with E-state index in [4.69, 9.17) is 14.2 Å². The number of rotatable bonds is 8. The minimum absolute atomic E-state index is 0.565. The molecule has 1 aliphatic heterocycles. The summed E-state index contributed by atoms with van der Waals surface area (Å²) < 4.78 is 15.9. The zero-order valence-corrected chi connectivity index (χ0v) is 12.1. The molecule has 0 bridgehead atoms. The van der Waals surface area contributed by atoms with Crippen molar-refractivity contribution in [2.24, 2.45) is 0 Å². The fourth-order valence-corrected chi connectivity index (χ4v) is 2.11. The monoisotopic (exact) mass is 277 g/mol. The minimum atomic E-state index is 0.565. The number of hydrogen-bond donors (Lipinski definition) is 1. The molecule has 0 spiro atoms. The first kappa shape index (κ1) is 15.0. The van der Waals surface area contributed by atoms with Crippen LogP contribution in [-0.2, 0) is 9.47 Å². The van der Waals surface area contributed by atoms with Gasteiger partial charge in [0, 0.05) is 13.7 Å². The van der Waals surface area contributed by atoms with Gasteiger partial charge in [0.1, 0.15) is 12.4 Å². The number of nitrogens with one attached hydrogen (secondary N) is 1. The third kappa shape index (κ3) is 4.96. The van der Waals surface area contributed by atoms with E-state index in [1.807, 2.05) is 12.1 Å². The maximum atomic E-state index is 5.63. The highest BCUT2D eigenvalue weighted by molar-refractivity contribution is 5.67. The van der Waals surface area contributed by atoms with E-state index >= 15 is 0 Å². The zero-order chi connectivity index (χ0) is 14.0. The summed E-state index contributed by atoms with van der Waals surface area (Å²) >= 11 is 0. The molecule has 20 heavy (non-hydrogen) atoms. The van der Waals surface area contributed by atoms with Crippen LogP contribution in [0, 0.1) is 0 Å². The summed E-state index contributed by atoms with van der Waals surface area (Å²) in [6.07, 6.45) is 3.34. The van der Waals surface area contributed by atoms with E-state index in [2.05, 4.69) is 23.5 Å². The van der Waals surface area contributed by atoms with Gasteiger partial charge in [0.15, 0.2) is 0 Å². The Kier molecular flexibility index (Phi) is 6.57. The summed E-state index contributed by atoms with van der Waals surface area (Å²) in [4.78, 5) is 0. The SMILES string of the molecule is COCCOCCOc1ccc(C2=CCNCC2)cc1. The second kappa shape index (κ2) is 8.74. The zero-order valence-electron chi connectivity index (χ0n) is 12.1. The van der Waals surface area contributed by atoms with Gasteiger partial charge >= 0.3 is 0 Å². The lowest BCUT2D eigenvalue weighted by Crippen LogP contribution is -2.19. The van der Waals surface area contributed by atoms with Crippen LogP contribution in [0.1, 0.15) is 12.0 Å². The van der Waals surface area contributed by atoms with Gasteiger partial charge in [-0.3, -0.25) is 0 Å². The molecular weight excluding hydrogens is 254 g/mol. The molecule has 0 aliphatic carbocycles. The van der Waals surface area contributed by atoms with Gasteiger partial charge in [-0.25, -0.2) is 0 Å². The van der Waals surface area contributed by atoms with E-state index in [0.717, 1.165) is 25.3 Å². The number of hydrogen-bond acceptors (Lipinski definition) is 4. The summed E-state index contributed by atoms with van der Waals surface area (Å²) in [6.45, 7) is 4.41. The predicted molar refractivity (Wildman–Crippen MR) is 80.1 cm³/mol. The second-order valence-corrected chi connectivity index (χ2v) is 4.66. The van der Waals surface area contributed by atoms with Crippen molar-refractivity contribution in [3.8, 4) is 5.75 Å². The molecule has 1 aliphatic rings. The molecule has 0 atom stereocenters. The van der Waals surface area contributed by atoms with Crippen LogP contribution >= 0.6 is 0 Å². The maximum absolute atomic E-state index is 5.63. The number of ether oxygens (including phenoxy) is 3. The molecule has 0 unspecified atom stereocenters. The Hall–Kier alpha value is -1.36. The van der Waals surface area contributed by atoms with Crippen molar-refractivity contribution in [1.29, 1.82) is 0 Å². The topological polar surface area (TPSA) is 39.7 Å². The second-order valence-electron chi connectivity index (χ2n) is 4.66. The molecular formula is C16H23NO3. The Morgan fingerprint density at radius 1 is 1.05 bits per heavy atom. The van der Waals surface area contributed by atoms with Crippen LogP contribution in [0.5, 0.6) is 5.75 Å². The lowest BCUT2D eigenvalue weighted by atomic mass is 10.0. The Balaban J connectivity index is 1.72. The highest BCUT2D eigenvalue weighted by atomic mass is 16.5. The number of methoxy groups -OCH3 is 1. The van der Waals surface area contributed by atoms with Gasteiger partial charge in [-0.1, -0.05) is 18.2 Å². The molecule has 0 saturated heterocycles. The van der Waals surface area contributed by atoms with Crippen molar-refractivity contribution in [2.75, 3.05) is 46.6 Å². The predicted octanol–water partition coefficient (Wildman–Crippen LogP) is 2.11. The van der Waals surface area contributed by atoms with Crippen LogP contribution < -0.4 is 10.1 Å². The van der Waals surface area contributed by atoms with E-state index in [1.165, 1.54) is 11.1 Å². The average Bonchev–Trinajstić information content (AvgIpc) is 2.52. The third-order valence-electron chi connectivity index (χ3n) is 3.22. The van der Waals surface area contributed by atoms with Crippen LogP contribution in [-0.4, -0.2) is 46.6 Å². The van der Waals surface area contributed by atoms with Gasteiger partial charge in [0.05, 0.1) is 19.8 Å². The molecule has 0 amide bonds. The molecule has 0 saturated carbocycles. The first-order chi connectivity index (χ1) is 9.90. The van der Waals surface area contributed by atoms with E-state index in [0.29, 0.717) is 26.4 Å². The van der Waals surface area contributed by atoms with Crippen LogP contribution in [0.4, 0.5) is 0 Å². The van der Waals surface area contributed by atoms with Crippen LogP contribution in [0.2, 0.25) is 0 Å². The standard InChI is InChI=1S/C16H23NO3/c1-18-10-11-19-12-13-20-16-4-2-14(3-5-16)15-6-8-17-9-7-15/h2-6,17H,7-13H2,1H3. The summed E-state index contributed by atoms with van der Waals surface area (Å²) in [5.74, 6) is 0.888. The lowest BCUT2D eigenvalue weighted by molar-refractivity contribution is 0.0544. The first-order valence-corrected chi connectivity index (χ1v) is 7.10. The van der Waals surface area contributed by atoms with Crippen molar-refractivity contribution in [3.05, 3.63) is 35.9 Å². The van der Waals surface area contributed by atoms with Gasteiger partial charge in [0.2, 0.25) is 0 Å². The molecule has 0 aromatic heterocycles. The van der Waals surface area contributed by atoms with Crippen molar-refractivity contribution in [1.82, 2.24) is 5.32 Å². The van der Waals surface area contributed by atoms with Gasteiger partial charge in [-0.2, -0.15) is 0 Å². The summed E-state index contributed by atoms with van der Waals surface area (Å²) in [7, 11) is 1.67. The molecule has 1 aromatic rings. The van der Waals surface area contributed by atoms with Gasteiger partial charge < -0.3 is 19.5 Å². The Morgan fingerprint density at radius 2 is 1.85 bits per heavy atom. The van der Waals surface area contributed by atoms with Crippen molar-refractivity contribution in [2.45, 2.75) is 6.42 Å². The van der Waals surface area contributed by atoms with E-state index in [9.17, 15) is 0 Å². The molecule has 4 heteroatoms. The molecule has 4 nitrogen and oxygen atoms in total. The van der Waals surface area contributed by atoms with E-state index in [-0.39, 0.29) is 0 Å². The molecule has 1 heterocycles. The van der Waals surface area contributed by atoms with E-state index < -0.39 is 0 Å². The Bertz CT molecular complexity index is 414. The fraction of sp³-hybridized carbons (Fsp3) is 0.500. The molecule has 1 N–H and O–H groups in total. The Labute approximate surface area is 120 Å². The highest BCUT2D eigenvalue weighted by Crippen LogP contribution is 2.22. The van der Waals surface area contributed by atoms with E-state index in [1.54, 1.807) is 7.11 Å². The van der Waals surface area contributed by atoms with Gasteiger partial charge in [0.25, 0.3) is 0 Å². The van der Waals surface area contributed by atoms with Crippen LogP contribution in [0.25, 0.3) is 5.57 Å². The maximum Gasteiger partial charge on any atom is 0.119 e. The van der Waals surface area contributed by atoms with Crippen molar-refractivity contribution < 1.29 is 14.2 Å².